The smallest absolute Gasteiger partial charge is 0.202 e. The molecule has 0 aliphatic carbocycles. The number of nitrogens with zero attached hydrogens (tertiary/aromatic N) is 3. The summed E-state index contributed by atoms with van der Waals surface area (Å²) in [5.74, 6) is 0. The van der Waals surface area contributed by atoms with Crippen LogP contribution >= 0.6 is 0 Å². The van der Waals surface area contributed by atoms with Crippen molar-refractivity contribution in [1.82, 2.24) is 9.78 Å². The van der Waals surface area contributed by atoms with Gasteiger partial charge < -0.3 is 0 Å². The molecule has 3 nitrogen and oxygen atoms in total. The van der Waals surface area contributed by atoms with E-state index in [-0.39, 0.29) is 0 Å². The van der Waals surface area contributed by atoms with E-state index in [9.17, 15) is 0 Å². The minimum absolute atomic E-state index is 1.06. The standard InChI is InChI=1S/C17H18N3/c1-13-9-14(2)17(15(3)10-13)19-11-18-20(12-19)16-7-5-4-6-8-16/h4-12H,1-3H3/q+1. The number of rotatable bonds is 2. The number of aromatic nitrogens is 3. The van der Waals surface area contributed by atoms with E-state index in [1.165, 1.54) is 22.4 Å². The Morgan fingerprint density at radius 3 is 2.25 bits per heavy atom. The second kappa shape index (κ2) is 4.93. The second-order valence-electron chi connectivity index (χ2n) is 5.18. The fourth-order valence-corrected chi connectivity index (χ4v) is 2.70. The highest BCUT2D eigenvalue weighted by atomic mass is 15.4. The van der Waals surface area contributed by atoms with Gasteiger partial charge in [0, 0.05) is 5.10 Å². The average Bonchev–Trinajstić information content (AvgIpc) is 2.88. The quantitative estimate of drug-likeness (QED) is 0.652. The van der Waals surface area contributed by atoms with Crippen LogP contribution in [0.15, 0.2) is 55.1 Å². The molecule has 0 fully saturated rings. The molecule has 0 saturated carbocycles. The van der Waals surface area contributed by atoms with E-state index in [4.69, 9.17) is 0 Å². The molecule has 0 aliphatic rings. The molecule has 1 aromatic heterocycles. The van der Waals surface area contributed by atoms with Crippen molar-refractivity contribution in [3.8, 4) is 11.4 Å². The first-order valence-corrected chi connectivity index (χ1v) is 6.75. The third kappa shape index (κ3) is 2.23. The summed E-state index contributed by atoms with van der Waals surface area (Å²) in [6, 6.07) is 14.5. The highest BCUT2D eigenvalue weighted by molar-refractivity contribution is 5.43. The molecule has 1 heterocycles. The molecular weight excluding hydrogens is 246 g/mol. The van der Waals surface area contributed by atoms with Gasteiger partial charge in [-0.25, -0.2) is 4.57 Å². The van der Waals surface area contributed by atoms with Crippen LogP contribution in [0.3, 0.4) is 0 Å². The van der Waals surface area contributed by atoms with Crippen LogP contribution in [0.1, 0.15) is 16.7 Å². The van der Waals surface area contributed by atoms with Crippen molar-refractivity contribution >= 4 is 0 Å². The molecule has 0 aliphatic heterocycles. The highest BCUT2D eigenvalue weighted by Crippen LogP contribution is 2.16. The summed E-state index contributed by atoms with van der Waals surface area (Å²) in [7, 11) is 0. The van der Waals surface area contributed by atoms with E-state index in [0.717, 1.165) is 5.69 Å². The SMILES string of the molecule is Cc1cc(C)c(-[n+]2cnn(-c3ccccc3)c2)c(C)c1. The maximum atomic E-state index is 4.45. The Kier molecular flexibility index (Phi) is 3.11. The van der Waals surface area contributed by atoms with Crippen LogP contribution < -0.4 is 4.57 Å². The van der Waals surface area contributed by atoms with Crippen LogP contribution in [0.4, 0.5) is 0 Å². The number of para-hydroxylation sites is 1. The van der Waals surface area contributed by atoms with Crippen molar-refractivity contribution in [3.63, 3.8) is 0 Å². The van der Waals surface area contributed by atoms with Gasteiger partial charge in [-0.15, -0.1) is 0 Å². The van der Waals surface area contributed by atoms with E-state index in [0.29, 0.717) is 0 Å². The molecule has 0 radical (unpaired) electrons. The lowest BCUT2D eigenvalue weighted by Gasteiger charge is -2.07. The van der Waals surface area contributed by atoms with Crippen LogP contribution in [0.2, 0.25) is 0 Å². The number of benzene rings is 2. The van der Waals surface area contributed by atoms with Crippen LogP contribution in [-0.4, -0.2) is 9.78 Å². The molecule has 3 heteroatoms. The van der Waals surface area contributed by atoms with Crippen molar-refractivity contribution in [1.29, 1.82) is 0 Å². The molecule has 0 unspecified atom stereocenters. The molecule has 0 N–H and O–H groups in total. The van der Waals surface area contributed by atoms with Gasteiger partial charge in [-0.2, -0.15) is 0 Å². The largest absolute Gasteiger partial charge is 0.270 e. The van der Waals surface area contributed by atoms with Crippen LogP contribution in [0, 0.1) is 20.8 Å². The minimum Gasteiger partial charge on any atom is -0.202 e. The first-order chi connectivity index (χ1) is 9.65. The third-order valence-electron chi connectivity index (χ3n) is 3.45. The predicted octanol–water partition coefficient (Wildman–Crippen LogP) is 3.07. The zero-order valence-electron chi connectivity index (χ0n) is 12.0. The van der Waals surface area contributed by atoms with Crippen LogP contribution in [0.25, 0.3) is 11.4 Å². The number of hydrogen-bond donors (Lipinski definition) is 0. The topological polar surface area (TPSA) is 21.7 Å². The number of aryl methyl sites for hydroxylation is 3. The molecule has 3 aromatic rings. The van der Waals surface area contributed by atoms with Crippen molar-refractivity contribution in [2.75, 3.05) is 0 Å². The van der Waals surface area contributed by atoms with Gasteiger partial charge in [0.25, 0.3) is 6.33 Å². The lowest BCUT2D eigenvalue weighted by atomic mass is 10.1. The molecule has 100 valence electrons. The predicted molar refractivity (Wildman–Crippen MR) is 79.3 cm³/mol. The van der Waals surface area contributed by atoms with Gasteiger partial charge in [0.1, 0.15) is 11.4 Å². The summed E-state index contributed by atoms with van der Waals surface area (Å²) >= 11 is 0. The Bertz CT molecular complexity index is 719. The van der Waals surface area contributed by atoms with E-state index in [2.05, 4.69) is 42.6 Å². The number of hydrogen-bond acceptors (Lipinski definition) is 1. The van der Waals surface area contributed by atoms with Gasteiger partial charge >= 0.3 is 0 Å². The van der Waals surface area contributed by atoms with E-state index >= 15 is 0 Å². The summed E-state index contributed by atoms with van der Waals surface area (Å²) in [6.45, 7) is 6.41. The summed E-state index contributed by atoms with van der Waals surface area (Å²) in [5, 5.41) is 4.45. The lowest BCUT2D eigenvalue weighted by Crippen LogP contribution is -2.30. The maximum absolute atomic E-state index is 4.45. The van der Waals surface area contributed by atoms with E-state index in [1.807, 2.05) is 47.7 Å². The van der Waals surface area contributed by atoms with Crippen LogP contribution in [0.5, 0.6) is 0 Å². The summed E-state index contributed by atoms with van der Waals surface area (Å²) < 4.78 is 3.97. The summed E-state index contributed by atoms with van der Waals surface area (Å²) in [4.78, 5) is 0. The fraction of sp³-hybridized carbons (Fsp3) is 0.176. The van der Waals surface area contributed by atoms with Crippen molar-refractivity contribution in [2.45, 2.75) is 20.8 Å². The molecule has 3 rings (SSSR count). The van der Waals surface area contributed by atoms with Gasteiger partial charge in [-0.3, -0.25) is 0 Å². The minimum atomic E-state index is 1.06. The molecule has 0 atom stereocenters. The third-order valence-corrected chi connectivity index (χ3v) is 3.45. The highest BCUT2D eigenvalue weighted by Gasteiger charge is 2.14. The molecule has 0 saturated heterocycles. The van der Waals surface area contributed by atoms with Gasteiger partial charge in [0.2, 0.25) is 6.33 Å². The fourth-order valence-electron chi connectivity index (χ4n) is 2.70. The Hall–Kier alpha value is -2.42. The van der Waals surface area contributed by atoms with Gasteiger partial charge in [-0.05, 0) is 44.0 Å². The molecular formula is C17H18N3+. The zero-order chi connectivity index (χ0) is 14.1. The average molecular weight is 264 g/mol. The Morgan fingerprint density at radius 1 is 0.950 bits per heavy atom. The molecule has 2 aromatic carbocycles. The second-order valence-corrected chi connectivity index (χ2v) is 5.18. The van der Waals surface area contributed by atoms with E-state index < -0.39 is 0 Å². The first kappa shape index (κ1) is 12.6. The summed E-state index contributed by atoms with van der Waals surface area (Å²) in [6.07, 6.45) is 3.87. The Labute approximate surface area is 119 Å². The lowest BCUT2D eigenvalue weighted by molar-refractivity contribution is -0.597. The summed E-state index contributed by atoms with van der Waals surface area (Å²) in [5.41, 5.74) is 6.09. The van der Waals surface area contributed by atoms with Crippen LogP contribution in [-0.2, 0) is 0 Å². The normalized spacial score (nSPS) is 10.8. The van der Waals surface area contributed by atoms with Gasteiger partial charge in [0.15, 0.2) is 0 Å². The van der Waals surface area contributed by atoms with Gasteiger partial charge in [0.05, 0.1) is 0 Å². The molecule has 20 heavy (non-hydrogen) atoms. The van der Waals surface area contributed by atoms with Gasteiger partial charge in [-0.1, -0.05) is 40.6 Å². The monoisotopic (exact) mass is 264 g/mol. The van der Waals surface area contributed by atoms with Crippen molar-refractivity contribution in [2.24, 2.45) is 0 Å². The van der Waals surface area contributed by atoms with Crippen molar-refractivity contribution < 1.29 is 4.57 Å². The van der Waals surface area contributed by atoms with Crippen molar-refractivity contribution in [3.05, 3.63) is 71.8 Å². The maximum Gasteiger partial charge on any atom is 0.270 e. The molecule has 0 spiro atoms. The molecule has 0 bridgehead atoms. The Balaban J connectivity index is 2.07. The Morgan fingerprint density at radius 2 is 1.60 bits per heavy atom. The van der Waals surface area contributed by atoms with E-state index in [1.54, 1.807) is 0 Å². The first-order valence-electron chi connectivity index (χ1n) is 6.75. The zero-order valence-corrected chi connectivity index (χ0v) is 12.0. The molecule has 0 amide bonds.